The Hall–Kier alpha value is -0.915. The Morgan fingerprint density at radius 2 is 1.89 bits per heavy atom. The van der Waals surface area contributed by atoms with Gasteiger partial charge in [-0.15, -0.1) is 0 Å². The van der Waals surface area contributed by atoms with Crippen LogP contribution in [0.1, 0.15) is 0 Å². The molecule has 0 aliphatic heterocycles. The summed E-state index contributed by atoms with van der Waals surface area (Å²) in [6, 6.07) is 9.87. The summed E-state index contributed by atoms with van der Waals surface area (Å²) < 4.78 is 0. The maximum Gasteiger partial charge on any atom is 0.0939 e. The minimum absolute atomic E-state index is 0.490. The van der Waals surface area contributed by atoms with Gasteiger partial charge in [0.25, 0.3) is 0 Å². The largest absolute Gasteiger partial charge is 0.394 e. The molecule has 0 amide bonds. The zero-order chi connectivity index (χ0) is 6.53. The Kier molecular flexibility index (Phi) is 2.19. The molecule has 1 rings (SSSR count). The Morgan fingerprint density at radius 1 is 1.22 bits per heavy atom. The fourth-order valence-electron chi connectivity index (χ4n) is 0.674. The fourth-order valence-corrected chi connectivity index (χ4v) is 0.674. The average Bonchev–Trinajstić information content (AvgIpc) is 1.91. The van der Waals surface area contributed by atoms with Gasteiger partial charge in [-0.05, 0) is 18.6 Å². The predicted molar refractivity (Wildman–Crippen MR) is 40.7 cm³/mol. The van der Waals surface area contributed by atoms with Crippen LogP contribution in [-0.2, 0) is 0 Å². The van der Waals surface area contributed by atoms with Crippen LogP contribution >= 0.6 is 0 Å². The smallest absolute Gasteiger partial charge is 0.0939 e. The van der Waals surface area contributed by atoms with Gasteiger partial charge in [-0.25, -0.2) is 0 Å². The Bertz CT molecular complexity index is 162. The van der Waals surface area contributed by atoms with E-state index in [2.05, 4.69) is 5.32 Å². The molecule has 0 unspecified atom stereocenters. The lowest BCUT2D eigenvalue weighted by Gasteiger charge is -1.99. The number of rotatable bonds is 2. The lowest BCUT2D eigenvalue weighted by molar-refractivity contribution is 1.45. The van der Waals surface area contributed by atoms with E-state index in [9.17, 15) is 0 Å². The van der Waals surface area contributed by atoms with Crippen molar-refractivity contribution in [3.05, 3.63) is 30.3 Å². The number of para-hydroxylation sites is 1. The van der Waals surface area contributed by atoms with Gasteiger partial charge in [0.15, 0.2) is 0 Å². The summed E-state index contributed by atoms with van der Waals surface area (Å²) in [6.45, 7) is 0. The van der Waals surface area contributed by atoms with Gasteiger partial charge in [0.05, 0.1) is 7.85 Å². The summed E-state index contributed by atoms with van der Waals surface area (Å²) in [4.78, 5) is 0. The molecule has 0 bridgehead atoms. The van der Waals surface area contributed by atoms with E-state index in [1.54, 1.807) is 0 Å². The summed E-state index contributed by atoms with van der Waals surface area (Å²) in [5.74, 6) is 0. The highest BCUT2D eigenvalue weighted by Crippen LogP contribution is 2.02. The molecule has 2 heteroatoms. The molecule has 0 aliphatic rings. The summed E-state index contributed by atoms with van der Waals surface area (Å²) in [5.41, 5.74) is 1.07. The Morgan fingerprint density at radius 3 is 2.44 bits per heavy atom. The van der Waals surface area contributed by atoms with E-state index in [1.807, 2.05) is 30.3 Å². The third kappa shape index (κ3) is 1.80. The molecule has 0 fully saturated rings. The topological polar surface area (TPSA) is 12.0 Å². The van der Waals surface area contributed by atoms with Gasteiger partial charge in [-0.2, -0.15) is 0 Å². The number of benzene rings is 1. The quantitative estimate of drug-likeness (QED) is 0.574. The molecule has 0 saturated carbocycles. The van der Waals surface area contributed by atoms with Gasteiger partial charge in [-0.3, -0.25) is 0 Å². The fraction of sp³-hybridized carbons (Fsp3) is 0.143. The van der Waals surface area contributed by atoms with Gasteiger partial charge < -0.3 is 5.32 Å². The molecule has 9 heavy (non-hydrogen) atoms. The second-order valence-corrected chi connectivity index (χ2v) is 1.75. The first-order valence-electron chi connectivity index (χ1n) is 2.92. The maximum atomic E-state index is 5.25. The summed E-state index contributed by atoms with van der Waals surface area (Å²) in [5, 5.41) is 2.99. The van der Waals surface area contributed by atoms with Crippen molar-refractivity contribution in [3.8, 4) is 0 Å². The van der Waals surface area contributed by atoms with Crippen LogP contribution in [0.4, 0.5) is 5.69 Å². The second kappa shape index (κ2) is 3.18. The minimum Gasteiger partial charge on any atom is -0.394 e. The maximum absolute atomic E-state index is 5.25. The van der Waals surface area contributed by atoms with Gasteiger partial charge in [0.1, 0.15) is 0 Å². The molecule has 1 N–H and O–H groups in total. The Labute approximate surface area is 56.5 Å². The summed E-state index contributed by atoms with van der Waals surface area (Å²) in [7, 11) is 5.25. The molecular weight excluding hydrogens is 109 g/mol. The SMILES string of the molecule is [B]CNc1ccccc1. The van der Waals surface area contributed by atoms with E-state index in [4.69, 9.17) is 7.85 Å². The normalized spacial score (nSPS) is 8.89. The van der Waals surface area contributed by atoms with Crippen molar-refractivity contribution in [1.29, 1.82) is 0 Å². The minimum atomic E-state index is 0.490. The van der Waals surface area contributed by atoms with Crippen LogP contribution in [0.15, 0.2) is 30.3 Å². The highest BCUT2D eigenvalue weighted by molar-refractivity contribution is 6.10. The van der Waals surface area contributed by atoms with Crippen LogP contribution in [0.5, 0.6) is 0 Å². The lowest BCUT2D eigenvalue weighted by atomic mass is 10.1. The van der Waals surface area contributed by atoms with Crippen molar-refractivity contribution in [2.24, 2.45) is 0 Å². The number of nitrogens with one attached hydrogen (secondary N) is 1. The van der Waals surface area contributed by atoms with Crippen molar-refractivity contribution in [2.45, 2.75) is 0 Å². The van der Waals surface area contributed by atoms with Crippen molar-refractivity contribution in [2.75, 3.05) is 11.8 Å². The average molecular weight is 117 g/mol. The molecule has 2 radical (unpaired) electrons. The molecule has 0 atom stereocenters. The molecule has 1 aromatic carbocycles. The van der Waals surface area contributed by atoms with Crippen molar-refractivity contribution in [1.82, 2.24) is 0 Å². The number of hydrogen-bond donors (Lipinski definition) is 1. The highest BCUT2D eigenvalue weighted by Gasteiger charge is 1.81. The van der Waals surface area contributed by atoms with E-state index in [0.29, 0.717) is 6.44 Å². The first-order chi connectivity index (χ1) is 4.43. The van der Waals surface area contributed by atoms with E-state index < -0.39 is 0 Å². The van der Waals surface area contributed by atoms with Gasteiger partial charge >= 0.3 is 0 Å². The van der Waals surface area contributed by atoms with E-state index in [1.165, 1.54) is 0 Å². The molecule has 1 aromatic rings. The third-order valence-corrected chi connectivity index (χ3v) is 1.08. The van der Waals surface area contributed by atoms with Gasteiger partial charge in [-0.1, -0.05) is 18.2 Å². The van der Waals surface area contributed by atoms with Crippen LogP contribution in [0.25, 0.3) is 0 Å². The first-order valence-corrected chi connectivity index (χ1v) is 2.92. The highest BCUT2D eigenvalue weighted by atomic mass is 14.8. The van der Waals surface area contributed by atoms with Crippen LogP contribution in [0.3, 0.4) is 0 Å². The van der Waals surface area contributed by atoms with Crippen LogP contribution < -0.4 is 5.32 Å². The zero-order valence-electron chi connectivity index (χ0n) is 5.17. The summed E-state index contributed by atoms with van der Waals surface area (Å²) in [6.07, 6.45) is 0.490. The van der Waals surface area contributed by atoms with E-state index >= 15 is 0 Å². The second-order valence-electron chi connectivity index (χ2n) is 1.75. The molecule has 0 heterocycles. The van der Waals surface area contributed by atoms with Crippen LogP contribution in [-0.4, -0.2) is 14.3 Å². The molecule has 0 spiro atoms. The van der Waals surface area contributed by atoms with Gasteiger partial charge in [0, 0.05) is 5.69 Å². The van der Waals surface area contributed by atoms with Crippen LogP contribution in [0.2, 0.25) is 0 Å². The zero-order valence-corrected chi connectivity index (χ0v) is 5.17. The molecule has 0 saturated heterocycles. The number of anilines is 1. The van der Waals surface area contributed by atoms with E-state index in [0.717, 1.165) is 5.69 Å². The van der Waals surface area contributed by atoms with Crippen molar-refractivity contribution >= 4 is 13.5 Å². The van der Waals surface area contributed by atoms with Crippen LogP contribution in [0, 0.1) is 0 Å². The van der Waals surface area contributed by atoms with Crippen molar-refractivity contribution in [3.63, 3.8) is 0 Å². The molecular formula is C7H8BN. The number of hydrogen-bond acceptors (Lipinski definition) is 1. The van der Waals surface area contributed by atoms with E-state index in [-0.39, 0.29) is 0 Å². The molecule has 0 aromatic heterocycles. The standard InChI is InChI=1S/C7H8BN/c8-6-9-7-4-2-1-3-5-7/h1-5,9H,6H2. The van der Waals surface area contributed by atoms with Gasteiger partial charge in [0.2, 0.25) is 0 Å². The first kappa shape index (κ1) is 6.21. The Balaban J connectivity index is 2.61. The molecule has 0 aliphatic carbocycles. The molecule has 44 valence electrons. The third-order valence-electron chi connectivity index (χ3n) is 1.08. The van der Waals surface area contributed by atoms with Crippen molar-refractivity contribution < 1.29 is 0 Å². The lowest BCUT2D eigenvalue weighted by Crippen LogP contribution is -1.98. The molecule has 1 nitrogen and oxygen atoms in total. The monoisotopic (exact) mass is 117 g/mol. The summed E-state index contributed by atoms with van der Waals surface area (Å²) >= 11 is 0. The predicted octanol–water partition coefficient (Wildman–Crippen LogP) is 1.22.